The quantitative estimate of drug-likeness (QED) is 0.386. The van der Waals surface area contributed by atoms with Crippen LogP contribution in [-0.4, -0.2) is 32.4 Å². The maximum Gasteiger partial charge on any atom is 0.350 e. The van der Waals surface area contributed by atoms with Crippen molar-refractivity contribution in [3.8, 4) is 22.6 Å². The van der Waals surface area contributed by atoms with E-state index in [0.29, 0.717) is 16.6 Å². The van der Waals surface area contributed by atoms with Crippen LogP contribution in [0.5, 0.6) is 5.75 Å². The molecule has 2 heterocycles. The van der Waals surface area contributed by atoms with Gasteiger partial charge in [0.1, 0.15) is 18.4 Å². The highest BCUT2D eigenvalue weighted by Gasteiger charge is 2.26. The fraction of sp³-hybridized carbons (Fsp3) is 0.217. The first-order valence-corrected chi connectivity index (χ1v) is 12.0. The van der Waals surface area contributed by atoms with Gasteiger partial charge in [0.15, 0.2) is 5.65 Å². The minimum Gasteiger partial charge on any atom is -0.508 e. The molecule has 166 valence electrons. The molecule has 8 nitrogen and oxygen atoms in total. The molecular formula is C23H24N3O5P. The second kappa shape index (κ2) is 9.12. The third-order valence-electron chi connectivity index (χ3n) is 4.96. The van der Waals surface area contributed by atoms with E-state index < -0.39 is 7.60 Å². The molecule has 9 heteroatoms. The van der Waals surface area contributed by atoms with E-state index in [9.17, 15) is 14.5 Å². The van der Waals surface area contributed by atoms with E-state index in [2.05, 4.69) is 4.98 Å². The first-order chi connectivity index (χ1) is 15.5. The topological polar surface area (TPSA) is 95.6 Å². The van der Waals surface area contributed by atoms with Crippen molar-refractivity contribution in [3.63, 3.8) is 0 Å². The van der Waals surface area contributed by atoms with Gasteiger partial charge in [-0.1, -0.05) is 30.3 Å². The van der Waals surface area contributed by atoms with Crippen molar-refractivity contribution in [2.24, 2.45) is 0 Å². The smallest absolute Gasteiger partial charge is 0.350 e. The summed E-state index contributed by atoms with van der Waals surface area (Å²) < 4.78 is 26.9. The van der Waals surface area contributed by atoms with E-state index in [-0.39, 0.29) is 30.8 Å². The zero-order valence-electron chi connectivity index (χ0n) is 17.8. The summed E-state index contributed by atoms with van der Waals surface area (Å²) in [4.78, 5) is 18.1. The highest BCUT2D eigenvalue weighted by Crippen LogP contribution is 2.49. The fourth-order valence-electron chi connectivity index (χ4n) is 3.60. The fourth-order valence-corrected chi connectivity index (χ4v) is 5.20. The van der Waals surface area contributed by atoms with Gasteiger partial charge in [-0.15, -0.1) is 0 Å². The van der Waals surface area contributed by atoms with Crippen LogP contribution >= 0.6 is 7.60 Å². The Labute approximate surface area is 185 Å². The molecule has 0 aliphatic carbocycles. The number of hydrogen-bond donors (Lipinski definition) is 1. The molecular weight excluding hydrogens is 429 g/mol. The second-order valence-electron chi connectivity index (χ2n) is 7.10. The zero-order valence-corrected chi connectivity index (χ0v) is 18.7. The van der Waals surface area contributed by atoms with E-state index in [4.69, 9.17) is 9.05 Å². The average Bonchev–Trinajstić information content (AvgIpc) is 3.17. The van der Waals surface area contributed by atoms with Crippen LogP contribution in [0.2, 0.25) is 0 Å². The van der Waals surface area contributed by atoms with E-state index in [1.807, 2.05) is 41.1 Å². The summed E-state index contributed by atoms with van der Waals surface area (Å²) in [6.07, 6.45) is 2.98. The lowest BCUT2D eigenvalue weighted by molar-refractivity contribution is 0.214. The largest absolute Gasteiger partial charge is 0.508 e. The minimum absolute atomic E-state index is 0.130. The molecule has 4 aromatic rings. The summed E-state index contributed by atoms with van der Waals surface area (Å²) in [6.45, 7) is 3.84. The molecule has 0 unspecified atom stereocenters. The Bertz CT molecular complexity index is 1320. The Balaban J connectivity index is 1.93. The van der Waals surface area contributed by atoms with E-state index in [1.165, 1.54) is 10.9 Å². The zero-order chi connectivity index (χ0) is 22.7. The Morgan fingerprint density at radius 3 is 2.28 bits per heavy atom. The first-order valence-electron chi connectivity index (χ1n) is 10.3. The summed E-state index contributed by atoms with van der Waals surface area (Å²) in [7, 11) is -3.51. The molecule has 0 saturated carbocycles. The van der Waals surface area contributed by atoms with Gasteiger partial charge in [-0.25, -0.2) is 4.98 Å². The number of benzene rings is 2. The van der Waals surface area contributed by atoms with Crippen molar-refractivity contribution in [2.45, 2.75) is 20.1 Å². The third kappa shape index (κ3) is 4.25. The summed E-state index contributed by atoms with van der Waals surface area (Å²) in [6, 6.07) is 16.2. The van der Waals surface area contributed by atoms with Gasteiger partial charge in [-0.3, -0.25) is 13.9 Å². The van der Waals surface area contributed by atoms with Crippen LogP contribution < -0.4 is 5.56 Å². The highest BCUT2D eigenvalue weighted by atomic mass is 31.2. The van der Waals surface area contributed by atoms with Crippen LogP contribution in [0.1, 0.15) is 13.8 Å². The normalized spacial score (nSPS) is 11.8. The highest BCUT2D eigenvalue weighted by molar-refractivity contribution is 7.52. The number of rotatable bonds is 8. The van der Waals surface area contributed by atoms with E-state index in [0.717, 1.165) is 11.3 Å². The number of phenolic OH excluding ortho intramolecular Hbond substituents is 1. The van der Waals surface area contributed by atoms with Crippen molar-refractivity contribution < 1.29 is 18.7 Å². The van der Waals surface area contributed by atoms with Crippen LogP contribution in [-0.2, 0) is 19.9 Å². The molecule has 1 N–H and O–H groups in total. The van der Waals surface area contributed by atoms with Gasteiger partial charge in [-0.05, 0) is 43.7 Å². The number of aromatic nitrogens is 3. The third-order valence-corrected chi connectivity index (χ3v) is 6.92. The maximum atomic E-state index is 13.5. The van der Waals surface area contributed by atoms with Gasteiger partial charge in [0, 0.05) is 17.4 Å². The Morgan fingerprint density at radius 2 is 1.66 bits per heavy atom. The maximum absolute atomic E-state index is 13.5. The van der Waals surface area contributed by atoms with Crippen LogP contribution in [0.4, 0.5) is 0 Å². The van der Waals surface area contributed by atoms with Gasteiger partial charge < -0.3 is 18.7 Å². The van der Waals surface area contributed by atoms with Gasteiger partial charge in [0.05, 0.1) is 18.6 Å². The molecule has 0 aliphatic rings. The lowest BCUT2D eigenvalue weighted by atomic mass is 10.1. The standard InChI is InChI=1S/C23H24N3O5P/c1-3-30-32(29,31-4-2)16-25-15-24-22-21(23(25)28)20(17-10-12-19(27)13-11-17)14-26(22)18-8-6-5-7-9-18/h5-15,27H,3-4,16H2,1-2H3. The van der Waals surface area contributed by atoms with Crippen LogP contribution in [0.15, 0.2) is 71.9 Å². The van der Waals surface area contributed by atoms with Crippen molar-refractivity contribution in [3.05, 3.63) is 77.5 Å². The van der Waals surface area contributed by atoms with Crippen molar-refractivity contribution in [1.82, 2.24) is 14.1 Å². The molecule has 0 amide bonds. The Hall–Kier alpha value is -3.19. The summed E-state index contributed by atoms with van der Waals surface area (Å²) >= 11 is 0. The van der Waals surface area contributed by atoms with E-state index in [1.54, 1.807) is 38.1 Å². The van der Waals surface area contributed by atoms with Crippen molar-refractivity contribution in [2.75, 3.05) is 13.2 Å². The molecule has 0 atom stereocenters. The van der Waals surface area contributed by atoms with Crippen LogP contribution in [0, 0.1) is 0 Å². The number of nitrogens with zero attached hydrogens (tertiary/aromatic N) is 3. The molecule has 4 rings (SSSR count). The van der Waals surface area contributed by atoms with Crippen LogP contribution in [0.3, 0.4) is 0 Å². The number of hydrogen-bond acceptors (Lipinski definition) is 6. The first kappa shape index (κ1) is 22.0. The number of para-hydroxylation sites is 1. The molecule has 0 radical (unpaired) electrons. The molecule has 0 spiro atoms. The summed E-state index contributed by atoms with van der Waals surface area (Å²) in [5.74, 6) is 0.130. The molecule has 0 fully saturated rings. The molecule has 0 aliphatic heterocycles. The summed E-state index contributed by atoms with van der Waals surface area (Å²) in [5, 5.41) is 10.1. The monoisotopic (exact) mass is 453 g/mol. The SMILES string of the molecule is CCOP(=O)(Cn1cnc2c(c(-c3ccc(O)cc3)cn2-c2ccccc2)c1=O)OCC. The molecule has 32 heavy (non-hydrogen) atoms. The van der Waals surface area contributed by atoms with Crippen molar-refractivity contribution >= 4 is 18.6 Å². The predicted octanol–water partition coefficient (Wildman–Crippen LogP) is 4.78. The summed E-state index contributed by atoms with van der Waals surface area (Å²) in [5.41, 5.74) is 2.37. The second-order valence-corrected chi connectivity index (χ2v) is 9.12. The van der Waals surface area contributed by atoms with Gasteiger partial charge in [0.25, 0.3) is 5.56 Å². The Kier molecular flexibility index (Phi) is 6.28. The predicted molar refractivity (Wildman–Crippen MR) is 123 cm³/mol. The number of fused-ring (bicyclic) bond motifs is 1. The van der Waals surface area contributed by atoms with Gasteiger partial charge in [0.2, 0.25) is 0 Å². The Morgan fingerprint density at radius 1 is 1.00 bits per heavy atom. The lowest BCUT2D eigenvalue weighted by Crippen LogP contribution is -2.22. The lowest BCUT2D eigenvalue weighted by Gasteiger charge is -2.17. The molecule has 2 aromatic carbocycles. The van der Waals surface area contributed by atoms with Crippen molar-refractivity contribution in [1.29, 1.82) is 0 Å². The van der Waals surface area contributed by atoms with E-state index >= 15 is 0 Å². The molecule has 0 bridgehead atoms. The minimum atomic E-state index is -3.51. The molecule has 0 saturated heterocycles. The van der Waals surface area contributed by atoms with Gasteiger partial charge in [-0.2, -0.15) is 0 Å². The number of phenols is 1. The molecule has 2 aromatic heterocycles. The average molecular weight is 453 g/mol. The van der Waals surface area contributed by atoms with Gasteiger partial charge >= 0.3 is 7.60 Å². The van der Waals surface area contributed by atoms with Crippen LogP contribution in [0.25, 0.3) is 27.8 Å². The number of aromatic hydroxyl groups is 1.